The highest BCUT2D eigenvalue weighted by atomic mass is 19.3. The summed E-state index contributed by atoms with van der Waals surface area (Å²) in [6, 6.07) is 0. The second-order valence-corrected chi connectivity index (χ2v) is 2.66. The highest BCUT2D eigenvalue weighted by molar-refractivity contribution is 5.10. The molecule has 1 aliphatic rings. The van der Waals surface area contributed by atoms with Crippen molar-refractivity contribution in [2.24, 2.45) is 5.92 Å². The molecular formula is C6H7F5. The fourth-order valence-corrected chi connectivity index (χ4v) is 1.23. The van der Waals surface area contributed by atoms with Crippen molar-refractivity contribution >= 4 is 0 Å². The van der Waals surface area contributed by atoms with Gasteiger partial charge in [-0.05, 0) is 6.42 Å². The molecule has 0 bridgehead atoms. The average molecular weight is 174 g/mol. The monoisotopic (exact) mass is 174 g/mol. The molecule has 0 radical (unpaired) electrons. The third-order valence-electron chi connectivity index (χ3n) is 2.05. The number of hydrogen-bond donors (Lipinski definition) is 0. The molecule has 11 heavy (non-hydrogen) atoms. The van der Waals surface area contributed by atoms with Gasteiger partial charge >= 0.3 is 11.8 Å². The van der Waals surface area contributed by atoms with E-state index in [1.54, 1.807) is 0 Å². The normalized spacial score (nSPS) is 39.8. The minimum absolute atomic E-state index is 0.260. The highest BCUT2D eigenvalue weighted by Crippen LogP contribution is 2.57. The molecule has 1 fully saturated rings. The van der Waals surface area contributed by atoms with Crippen molar-refractivity contribution in [3.05, 3.63) is 0 Å². The Hall–Kier alpha value is -0.350. The smallest absolute Gasteiger partial charge is 0.240 e. The van der Waals surface area contributed by atoms with E-state index in [0.29, 0.717) is 0 Å². The van der Waals surface area contributed by atoms with Gasteiger partial charge in [0.25, 0.3) is 0 Å². The second-order valence-electron chi connectivity index (χ2n) is 2.66. The fraction of sp³-hybridized carbons (Fsp3) is 1.00. The highest BCUT2D eigenvalue weighted by Gasteiger charge is 2.78. The van der Waals surface area contributed by atoms with Crippen LogP contribution in [0.1, 0.15) is 13.3 Å². The van der Waals surface area contributed by atoms with Crippen LogP contribution in [0.15, 0.2) is 0 Å². The van der Waals surface area contributed by atoms with E-state index in [1.807, 2.05) is 0 Å². The van der Waals surface area contributed by atoms with Gasteiger partial charge in [0.2, 0.25) is 0 Å². The summed E-state index contributed by atoms with van der Waals surface area (Å²) in [5.41, 5.74) is 0. The van der Waals surface area contributed by atoms with Gasteiger partial charge in [0.15, 0.2) is 6.17 Å². The van der Waals surface area contributed by atoms with Gasteiger partial charge in [-0.3, -0.25) is 0 Å². The summed E-state index contributed by atoms with van der Waals surface area (Å²) in [6.07, 6.45) is -2.94. The van der Waals surface area contributed by atoms with Crippen LogP contribution < -0.4 is 0 Å². The van der Waals surface area contributed by atoms with Gasteiger partial charge in [-0.15, -0.1) is 0 Å². The van der Waals surface area contributed by atoms with Crippen molar-refractivity contribution < 1.29 is 22.0 Å². The molecule has 0 aromatic heterocycles. The molecule has 1 aliphatic carbocycles. The molecule has 0 aromatic rings. The third kappa shape index (κ3) is 0.795. The van der Waals surface area contributed by atoms with Crippen LogP contribution in [0.5, 0.6) is 0 Å². The molecule has 0 N–H and O–H groups in total. The lowest BCUT2D eigenvalue weighted by Gasteiger charge is -2.46. The number of hydrogen-bond acceptors (Lipinski definition) is 0. The summed E-state index contributed by atoms with van der Waals surface area (Å²) in [7, 11) is 0. The molecule has 0 heterocycles. The first-order chi connectivity index (χ1) is 4.85. The van der Waals surface area contributed by atoms with E-state index in [-0.39, 0.29) is 6.42 Å². The predicted octanol–water partition coefficient (Wildman–Crippen LogP) is 2.63. The maximum Gasteiger partial charge on any atom is 0.341 e. The van der Waals surface area contributed by atoms with Gasteiger partial charge < -0.3 is 0 Å². The quantitative estimate of drug-likeness (QED) is 0.536. The van der Waals surface area contributed by atoms with Crippen LogP contribution in [0.2, 0.25) is 0 Å². The van der Waals surface area contributed by atoms with E-state index in [0.717, 1.165) is 0 Å². The Morgan fingerprint density at radius 1 is 1.09 bits per heavy atom. The van der Waals surface area contributed by atoms with Gasteiger partial charge in [-0.1, -0.05) is 6.92 Å². The number of rotatable bonds is 1. The minimum atomic E-state index is -4.45. The van der Waals surface area contributed by atoms with Crippen LogP contribution in [-0.4, -0.2) is 18.0 Å². The Balaban J connectivity index is 2.79. The van der Waals surface area contributed by atoms with Gasteiger partial charge in [0.05, 0.1) is 5.92 Å². The van der Waals surface area contributed by atoms with Crippen molar-refractivity contribution in [1.29, 1.82) is 0 Å². The zero-order valence-electron chi connectivity index (χ0n) is 5.75. The Morgan fingerprint density at radius 2 is 1.55 bits per heavy atom. The summed E-state index contributed by atoms with van der Waals surface area (Å²) >= 11 is 0. The maximum absolute atomic E-state index is 12.2. The standard InChI is InChI=1S/C6H7F5/c1-2-3-4(7)6(10,11)5(3,8)9/h3-4H,2H2,1H3. The van der Waals surface area contributed by atoms with E-state index < -0.39 is 23.9 Å². The van der Waals surface area contributed by atoms with E-state index >= 15 is 0 Å². The molecule has 0 spiro atoms. The fourth-order valence-electron chi connectivity index (χ4n) is 1.23. The molecule has 0 saturated heterocycles. The Bertz CT molecular complexity index is 164. The number of halogens is 5. The molecule has 2 unspecified atom stereocenters. The van der Waals surface area contributed by atoms with Crippen LogP contribution in [-0.2, 0) is 0 Å². The lowest BCUT2D eigenvalue weighted by Crippen LogP contribution is -2.68. The first kappa shape index (κ1) is 8.74. The largest absolute Gasteiger partial charge is 0.341 e. The van der Waals surface area contributed by atoms with Crippen LogP contribution in [0, 0.1) is 5.92 Å². The minimum Gasteiger partial charge on any atom is -0.240 e. The van der Waals surface area contributed by atoms with Crippen molar-refractivity contribution in [1.82, 2.24) is 0 Å². The van der Waals surface area contributed by atoms with Crippen molar-refractivity contribution in [3.8, 4) is 0 Å². The molecule has 0 nitrogen and oxygen atoms in total. The lowest BCUT2D eigenvalue weighted by atomic mass is 9.73. The second kappa shape index (κ2) is 2.08. The first-order valence-electron chi connectivity index (χ1n) is 3.25. The molecule has 1 saturated carbocycles. The first-order valence-corrected chi connectivity index (χ1v) is 3.25. The zero-order valence-corrected chi connectivity index (χ0v) is 5.75. The summed E-state index contributed by atoms with van der Waals surface area (Å²) in [5, 5.41) is 0. The molecule has 5 heteroatoms. The van der Waals surface area contributed by atoms with Crippen LogP contribution >= 0.6 is 0 Å². The molecular weight excluding hydrogens is 167 g/mol. The van der Waals surface area contributed by atoms with Crippen LogP contribution in [0.3, 0.4) is 0 Å². The zero-order chi connectivity index (χ0) is 8.86. The summed E-state index contributed by atoms with van der Waals surface area (Å²) in [4.78, 5) is 0. The molecule has 66 valence electrons. The third-order valence-corrected chi connectivity index (χ3v) is 2.05. The van der Waals surface area contributed by atoms with Gasteiger partial charge in [-0.2, -0.15) is 17.6 Å². The maximum atomic E-state index is 12.2. The topological polar surface area (TPSA) is 0 Å². The molecule has 0 aromatic carbocycles. The summed E-state index contributed by atoms with van der Waals surface area (Å²) < 4.78 is 60.8. The Labute approximate surface area is 60.4 Å². The summed E-state index contributed by atoms with van der Waals surface area (Å²) in [6.45, 7) is 1.26. The van der Waals surface area contributed by atoms with E-state index in [9.17, 15) is 22.0 Å². The average Bonchev–Trinajstić information content (AvgIpc) is 1.88. The van der Waals surface area contributed by atoms with Gasteiger partial charge in [0.1, 0.15) is 0 Å². The van der Waals surface area contributed by atoms with E-state index in [1.165, 1.54) is 6.92 Å². The van der Waals surface area contributed by atoms with Gasteiger partial charge in [0, 0.05) is 0 Å². The van der Waals surface area contributed by atoms with Crippen molar-refractivity contribution in [2.75, 3.05) is 0 Å². The van der Waals surface area contributed by atoms with Crippen LogP contribution in [0.4, 0.5) is 22.0 Å². The molecule has 0 aliphatic heterocycles. The Kier molecular flexibility index (Phi) is 1.65. The van der Waals surface area contributed by atoms with E-state index in [2.05, 4.69) is 0 Å². The predicted molar refractivity (Wildman–Crippen MR) is 28.6 cm³/mol. The molecule has 1 rings (SSSR count). The van der Waals surface area contributed by atoms with Crippen molar-refractivity contribution in [2.45, 2.75) is 31.4 Å². The van der Waals surface area contributed by atoms with E-state index in [4.69, 9.17) is 0 Å². The molecule has 0 amide bonds. The lowest BCUT2D eigenvalue weighted by molar-refractivity contribution is -0.353. The molecule has 2 atom stereocenters. The van der Waals surface area contributed by atoms with Gasteiger partial charge in [-0.25, -0.2) is 4.39 Å². The summed E-state index contributed by atoms with van der Waals surface area (Å²) in [5.74, 6) is -10.4. The van der Waals surface area contributed by atoms with Crippen LogP contribution in [0.25, 0.3) is 0 Å². The number of alkyl halides is 5. The van der Waals surface area contributed by atoms with Crippen molar-refractivity contribution in [3.63, 3.8) is 0 Å². The SMILES string of the molecule is CCC1C(F)C(F)(F)C1(F)F. The Morgan fingerprint density at radius 3 is 1.73 bits per heavy atom.